The van der Waals surface area contributed by atoms with E-state index >= 15 is 0 Å². The lowest BCUT2D eigenvalue weighted by Gasteiger charge is -2.33. The molecule has 0 spiro atoms. The standard InChI is InChI=1S/C24H30N6O2/c1-4-17-12-21-22(29-23(17)31)11-16(13-26-21)14-30-9-7-18(8-10-30)28-19-5-6-20(24(32)25-3)27-15(19)2/h5-6,11-13,18,28H,4,7-10,14H2,1-3H3,(H,25,32)(H,29,31). The molecule has 4 heterocycles. The molecule has 8 heteroatoms. The van der Waals surface area contributed by atoms with Crippen molar-refractivity contribution < 1.29 is 4.79 Å². The molecule has 8 nitrogen and oxygen atoms in total. The van der Waals surface area contributed by atoms with Gasteiger partial charge in [0, 0.05) is 44.5 Å². The van der Waals surface area contributed by atoms with Crippen molar-refractivity contribution in [1.82, 2.24) is 25.2 Å². The van der Waals surface area contributed by atoms with Crippen LogP contribution < -0.4 is 16.2 Å². The fourth-order valence-electron chi connectivity index (χ4n) is 4.20. The van der Waals surface area contributed by atoms with Crippen molar-refractivity contribution in [2.24, 2.45) is 0 Å². The second kappa shape index (κ2) is 9.48. The number of amides is 1. The summed E-state index contributed by atoms with van der Waals surface area (Å²) in [6.45, 7) is 6.66. The highest BCUT2D eigenvalue weighted by Crippen LogP contribution is 2.21. The van der Waals surface area contributed by atoms with Gasteiger partial charge in [-0.25, -0.2) is 4.98 Å². The normalized spacial score (nSPS) is 15.1. The Morgan fingerprint density at radius 2 is 2.03 bits per heavy atom. The third-order valence-electron chi connectivity index (χ3n) is 6.11. The molecule has 3 aromatic heterocycles. The van der Waals surface area contributed by atoms with Gasteiger partial charge in [-0.2, -0.15) is 0 Å². The van der Waals surface area contributed by atoms with Gasteiger partial charge in [0.15, 0.2) is 0 Å². The number of carbonyl (C=O) groups excluding carboxylic acids is 1. The van der Waals surface area contributed by atoms with Crippen molar-refractivity contribution in [3.05, 3.63) is 63.3 Å². The highest BCUT2D eigenvalue weighted by Gasteiger charge is 2.20. The first-order valence-electron chi connectivity index (χ1n) is 11.2. The van der Waals surface area contributed by atoms with E-state index in [0.29, 0.717) is 18.2 Å². The summed E-state index contributed by atoms with van der Waals surface area (Å²) in [5, 5.41) is 6.19. The number of nitrogens with one attached hydrogen (secondary N) is 3. The van der Waals surface area contributed by atoms with Gasteiger partial charge < -0.3 is 15.6 Å². The lowest BCUT2D eigenvalue weighted by atomic mass is 10.0. The molecule has 0 unspecified atom stereocenters. The number of aromatic amines is 1. The average Bonchev–Trinajstić information content (AvgIpc) is 2.80. The van der Waals surface area contributed by atoms with E-state index in [0.717, 1.165) is 66.0 Å². The van der Waals surface area contributed by atoms with E-state index in [2.05, 4.69) is 30.5 Å². The summed E-state index contributed by atoms with van der Waals surface area (Å²) in [6.07, 6.45) is 4.65. The summed E-state index contributed by atoms with van der Waals surface area (Å²) < 4.78 is 0. The van der Waals surface area contributed by atoms with Gasteiger partial charge in [-0.05, 0) is 56.0 Å². The van der Waals surface area contributed by atoms with Gasteiger partial charge in [0.25, 0.3) is 11.5 Å². The molecular weight excluding hydrogens is 404 g/mol. The molecule has 0 radical (unpaired) electrons. The number of pyridine rings is 3. The van der Waals surface area contributed by atoms with E-state index < -0.39 is 0 Å². The first kappa shape index (κ1) is 22.0. The molecule has 0 saturated carbocycles. The Balaban J connectivity index is 1.35. The topological polar surface area (TPSA) is 103 Å². The summed E-state index contributed by atoms with van der Waals surface area (Å²) in [5.41, 5.74) is 5.71. The van der Waals surface area contributed by atoms with Crippen LogP contribution in [-0.2, 0) is 13.0 Å². The number of rotatable bonds is 6. The fraction of sp³-hybridized carbons (Fsp3) is 0.417. The molecule has 1 aliphatic rings. The second-order valence-electron chi connectivity index (χ2n) is 8.36. The maximum Gasteiger partial charge on any atom is 0.269 e. The van der Waals surface area contributed by atoms with E-state index in [1.165, 1.54) is 0 Å². The van der Waals surface area contributed by atoms with E-state index in [1.54, 1.807) is 13.1 Å². The number of likely N-dealkylation sites (tertiary alicyclic amines) is 1. The van der Waals surface area contributed by atoms with Crippen LogP contribution in [0.1, 0.15) is 47.1 Å². The molecule has 0 aromatic carbocycles. The minimum Gasteiger partial charge on any atom is -0.381 e. The SMILES string of the molecule is CCc1cc2ncc(CN3CCC(Nc4ccc(C(=O)NC)nc4C)CC3)cc2[nH]c1=O. The summed E-state index contributed by atoms with van der Waals surface area (Å²) in [5.74, 6) is -0.175. The number of carbonyl (C=O) groups is 1. The van der Waals surface area contributed by atoms with Crippen LogP contribution in [0.25, 0.3) is 11.0 Å². The minimum atomic E-state index is -0.175. The quantitative estimate of drug-likeness (QED) is 0.551. The van der Waals surface area contributed by atoms with Crippen molar-refractivity contribution in [1.29, 1.82) is 0 Å². The van der Waals surface area contributed by atoms with Gasteiger partial charge in [-0.3, -0.25) is 19.5 Å². The smallest absolute Gasteiger partial charge is 0.269 e. The minimum absolute atomic E-state index is 0.0287. The van der Waals surface area contributed by atoms with Gasteiger partial charge in [-0.15, -0.1) is 0 Å². The molecule has 1 amide bonds. The monoisotopic (exact) mass is 434 g/mol. The van der Waals surface area contributed by atoms with Crippen molar-refractivity contribution in [3.8, 4) is 0 Å². The first-order valence-corrected chi connectivity index (χ1v) is 11.2. The summed E-state index contributed by atoms with van der Waals surface area (Å²) in [4.78, 5) is 38.2. The van der Waals surface area contributed by atoms with Gasteiger partial charge in [0.1, 0.15) is 5.69 Å². The Morgan fingerprint density at radius 3 is 2.72 bits per heavy atom. The van der Waals surface area contributed by atoms with Gasteiger partial charge in [-0.1, -0.05) is 6.92 Å². The number of hydrogen-bond donors (Lipinski definition) is 3. The van der Waals surface area contributed by atoms with Crippen molar-refractivity contribution in [3.63, 3.8) is 0 Å². The predicted molar refractivity (Wildman–Crippen MR) is 126 cm³/mol. The lowest BCUT2D eigenvalue weighted by Crippen LogP contribution is -2.38. The molecular formula is C24H30N6O2. The number of nitrogens with zero attached hydrogens (tertiary/aromatic N) is 3. The van der Waals surface area contributed by atoms with Crippen LogP contribution in [0.15, 0.2) is 35.3 Å². The summed E-state index contributed by atoms with van der Waals surface area (Å²) in [6, 6.07) is 7.98. The Kier molecular flexibility index (Phi) is 6.50. The fourth-order valence-corrected chi connectivity index (χ4v) is 4.20. The number of aryl methyl sites for hydroxylation is 2. The highest BCUT2D eigenvalue weighted by molar-refractivity contribution is 5.92. The molecule has 4 rings (SSSR count). The molecule has 0 atom stereocenters. The third-order valence-corrected chi connectivity index (χ3v) is 6.11. The number of hydrogen-bond acceptors (Lipinski definition) is 6. The summed E-state index contributed by atoms with van der Waals surface area (Å²) >= 11 is 0. The number of aromatic nitrogens is 3. The van der Waals surface area contributed by atoms with E-state index in [-0.39, 0.29) is 11.5 Å². The second-order valence-corrected chi connectivity index (χ2v) is 8.36. The van der Waals surface area contributed by atoms with E-state index in [4.69, 9.17) is 0 Å². The summed E-state index contributed by atoms with van der Waals surface area (Å²) in [7, 11) is 1.61. The molecule has 32 heavy (non-hydrogen) atoms. The molecule has 0 bridgehead atoms. The van der Waals surface area contributed by atoms with Crippen LogP contribution >= 0.6 is 0 Å². The average molecular weight is 435 g/mol. The van der Waals surface area contributed by atoms with Crippen LogP contribution in [0.5, 0.6) is 0 Å². The maximum absolute atomic E-state index is 12.1. The van der Waals surface area contributed by atoms with E-state index in [9.17, 15) is 9.59 Å². The zero-order chi connectivity index (χ0) is 22.7. The van der Waals surface area contributed by atoms with Crippen LogP contribution in [0.2, 0.25) is 0 Å². The molecule has 3 N–H and O–H groups in total. The van der Waals surface area contributed by atoms with Crippen molar-refractivity contribution in [2.75, 3.05) is 25.5 Å². The Bertz CT molecular complexity index is 1180. The van der Waals surface area contributed by atoms with Crippen LogP contribution in [0.3, 0.4) is 0 Å². The maximum atomic E-state index is 12.1. The van der Waals surface area contributed by atoms with Crippen LogP contribution in [0.4, 0.5) is 5.69 Å². The predicted octanol–water partition coefficient (Wildman–Crippen LogP) is 2.63. The van der Waals surface area contributed by atoms with Crippen molar-refractivity contribution >= 4 is 22.6 Å². The molecule has 168 valence electrons. The van der Waals surface area contributed by atoms with Crippen molar-refractivity contribution in [2.45, 2.75) is 45.7 Å². The van der Waals surface area contributed by atoms with Gasteiger partial charge >= 0.3 is 0 Å². The number of piperidine rings is 1. The molecule has 3 aromatic rings. The third kappa shape index (κ3) is 4.80. The van der Waals surface area contributed by atoms with Crippen LogP contribution in [0, 0.1) is 6.92 Å². The molecule has 0 aliphatic carbocycles. The zero-order valence-corrected chi connectivity index (χ0v) is 18.9. The number of anilines is 1. The van der Waals surface area contributed by atoms with Crippen LogP contribution in [-0.4, -0.2) is 51.9 Å². The zero-order valence-electron chi connectivity index (χ0n) is 18.9. The highest BCUT2D eigenvalue weighted by atomic mass is 16.1. The largest absolute Gasteiger partial charge is 0.381 e. The first-order chi connectivity index (χ1) is 15.5. The van der Waals surface area contributed by atoms with Gasteiger partial charge in [0.05, 0.1) is 22.4 Å². The molecule has 1 aliphatic heterocycles. The number of fused-ring (bicyclic) bond motifs is 1. The lowest BCUT2D eigenvalue weighted by molar-refractivity contribution is 0.0958. The Labute approximate surface area is 187 Å². The van der Waals surface area contributed by atoms with E-state index in [1.807, 2.05) is 38.2 Å². The molecule has 1 fully saturated rings. The Morgan fingerprint density at radius 1 is 1.25 bits per heavy atom. The Hall–Kier alpha value is -3.26. The molecule has 1 saturated heterocycles. The van der Waals surface area contributed by atoms with Gasteiger partial charge in [0.2, 0.25) is 0 Å². The number of H-pyrrole nitrogens is 1.